The van der Waals surface area contributed by atoms with Gasteiger partial charge in [0.15, 0.2) is 43.3 Å². The molecule has 5 aromatic carbocycles. The van der Waals surface area contributed by atoms with Gasteiger partial charge in [-0.15, -0.1) is 0 Å². The zero-order valence-corrected chi connectivity index (χ0v) is 50.3. The quantitative estimate of drug-likeness (QED) is 0.0272. The Bertz CT molecular complexity index is 3000. The fraction of sp³-hybridized carbons (Fsp3) is 0.530. The molecule has 0 spiro atoms. The summed E-state index contributed by atoms with van der Waals surface area (Å²) in [6, 6.07) is 41.0. The minimum atomic E-state index is -1.20. The molecule has 11 rings (SSSR count). The van der Waals surface area contributed by atoms with Crippen LogP contribution in [0.5, 0.6) is 11.5 Å². The molecule has 5 aromatic rings. The van der Waals surface area contributed by atoms with Crippen LogP contribution < -0.4 is 9.47 Å². The molecule has 21 nitrogen and oxygen atoms in total. The van der Waals surface area contributed by atoms with Crippen LogP contribution in [0.2, 0.25) is 0 Å². The average molecular weight is 1210 g/mol. The standard InChI is InChI=1S/C66H79NO20/c1-39-50(81-62-56(75-36-42-26-32-47(72-8)33-27-42)53(74-35-41-24-30-46(71-7)31-25-41)51-48(80-62)37-76-59(82-51)43-18-11-9-12-19-43)55-58(87-66(5,6)86-55)63(78-39)84-54-52-49(38-77-60(83-52)44-20-13-10-14-21-44)79-61(57(54)85-64(68)65(2,3)4)73-34-16-15-17-40-22-28-45(29-23-40)67(69)70/h9-14,18-33,39,48-63H,15-17,34-38H2,1-8H3. The van der Waals surface area contributed by atoms with Crippen molar-refractivity contribution in [1.29, 1.82) is 0 Å². The number of carbonyl (C=O) groups excluding carboxylic acids is 1. The number of esters is 1. The van der Waals surface area contributed by atoms with Crippen LogP contribution in [0.4, 0.5) is 5.69 Å². The van der Waals surface area contributed by atoms with Crippen molar-refractivity contribution in [2.24, 2.45) is 5.41 Å². The maximum Gasteiger partial charge on any atom is 0.311 e. The summed E-state index contributed by atoms with van der Waals surface area (Å²) >= 11 is 0. The van der Waals surface area contributed by atoms with Crippen molar-refractivity contribution in [3.8, 4) is 11.5 Å². The summed E-state index contributed by atoms with van der Waals surface area (Å²) in [4.78, 5) is 25.0. The van der Waals surface area contributed by atoms with E-state index in [4.69, 9.17) is 80.5 Å². The van der Waals surface area contributed by atoms with Gasteiger partial charge in [-0.05, 0) is 102 Å². The first-order valence-electron chi connectivity index (χ1n) is 29.8. The zero-order valence-electron chi connectivity index (χ0n) is 50.3. The second kappa shape index (κ2) is 27.8. The molecule has 6 aliphatic rings. The highest BCUT2D eigenvalue weighted by molar-refractivity contribution is 5.75. The summed E-state index contributed by atoms with van der Waals surface area (Å²) in [5, 5.41) is 11.3. The number of benzene rings is 5. The van der Waals surface area contributed by atoms with E-state index < -0.39 is 127 Å². The largest absolute Gasteiger partial charge is 0.497 e. The number of rotatable bonds is 22. The fourth-order valence-corrected chi connectivity index (χ4v) is 11.6. The lowest BCUT2D eigenvalue weighted by molar-refractivity contribution is -0.401. The van der Waals surface area contributed by atoms with E-state index in [9.17, 15) is 14.9 Å². The van der Waals surface area contributed by atoms with Gasteiger partial charge < -0.3 is 80.5 Å². The topological polar surface area (TPSA) is 217 Å². The summed E-state index contributed by atoms with van der Waals surface area (Å²) in [6.45, 7) is 11.5. The number of non-ortho nitro benzene ring substituents is 1. The highest BCUT2D eigenvalue weighted by atomic mass is 16.8. The molecular weight excluding hydrogens is 1130 g/mol. The van der Waals surface area contributed by atoms with Gasteiger partial charge in [0.05, 0.1) is 57.1 Å². The number of nitrogens with zero attached hydrogens (tertiary/aromatic N) is 1. The van der Waals surface area contributed by atoms with Crippen molar-refractivity contribution in [2.75, 3.05) is 34.0 Å². The number of aryl methyl sites for hydroxylation is 1. The Hall–Kier alpha value is -5.99. The number of methoxy groups -OCH3 is 2. The van der Waals surface area contributed by atoms with E-state index in [0.29, 0.717) is 30.8 Å². The Morgan fingerprint density at radius 2 is 1.08 bits per heavy atom. The Kier molecular flexibility index (Phi) is 20.0. The van der Waals surface area contributed by atoms with Crippen LogP contribution in [0.3, 0.4) is 0 Å². The van der Waals surface area contributed by atoms with Gasteiger partial charge in [0.2, 0.25) is 0 Å². The van der Waals surface area contributed by atoms with Crippen LogP contribution in [-0.2, 0) is 95.5 Å². The SMILES string of the molecule is COc1ccc(COC2C(OC3C(C)OC(OC4C5OC(c6ccccc6)OCC5OC(OCCCCc5ccc([N+](=O)[O-])cc5)C4OC(=O)C(C)(C)C)C4OC(C)(C)OC34)OC3COC(c4ccccc4)OC3C2OCc2ccc(OC)cc2)cc1. The minimum absolute atomic E-state index is 0.0266. The van der Waals surface area contributed by atoms with E-state index >= 15 is 0 Å². The zero-order chi connectivity index (χ0) is 60.8. The monoisotopic (exact) mass is 1210 g/mol. The van der Waals surface area contributed by atoms with Crippen molar-refractivity contribution in [2.45, 2.75) is 185 Å². The fourth-order valence-electron chi connectivity index (χ4n) is 11.6. The summed E-state index contributed by atoms with van der Waals surface area (Å²) in [7, 11) is 3.24. The van der Waals surface area contributed by atoms with Gasteiger partial charge in [0, 0.05) is 29.9 Å². The number of nitro benzene ring substituents is 1. The van der Waals surface area contributed by atoms with Crippen molar-refractivity contribution in [3.63, 3.8) is 0 Å². The number of fused-ring (bicyclic) bond motifs is 3. The maximum absolute atomic E-state index is 14.2. The van der Waals surface area contributed by atoms with Crippen LogP contribution in [0.25, 0.3) is 0 Å². The lowest BCUT2D eigenvalue weighted by atomic mass is 9.94. The molecule has 17 atom stereocenters. The number of unbranched alkanes of at least 4 members (excludes halogenated alkanes) is 1. The van der Waals surface area contributed by atoms with Crippen molar-refractivity contribution < 1.29 is 90.2 Å². The predicted octanol–water partition coefficient (Wildman–Crippen LogP) is 9.79. The molecule has 0 saturated carbocycles. The molecule has 87 heavy (non-hydrogen) atoms. The average Bonchev–Trinajstić information content (AvgIpc) is 2.18. The first-order chi connectivity index (χ1) is 42.0. The van der Waals surface area contributed by atoms with Gasteiger partial charge in [-0.1, -0.05) is 97.1 Å². The molecule has 0 amide bonds. The van der Waals surface area contributed by atoms with Crippen LogP contribution in [0, 0.1) is 15.5 Å². The second-order valence-electron chi connectivity index (χ2n) is 24.0. The molecule has 21 heteroatoms. The molecule has 6 heterocycles. The molecule has 6 aliphatic heterocycles. The Morgan fingerprint density at radius 1 is 0.563 bits per heavy atom. The summed E-state index contributed by atoms with van der Waals surface area (Å²) in [6.07, 6.45) is -13.6. The van der Waals surface area contributed by atoms with Crippen LogP contribution in [0.15, 0.2) is 133 Å². The molecule has 6 fully saturated rings. The lowest BCUT2D eigenvalue weighted by Crippen LogP contribution is -2.67. The number of carbonyl (C=O) groups is 1. The molecule has 468 valence electrons. The summed E-state index contributed by atoms with van der Waals surface area (Å²) < 4.78 is 113. The molecule has 17 unspecified atom stereocenters. The molecule has 6 saturated heterocycles. The van der Waals surface area contributed by atoms with Gasteiger partial charge in [-0.25, -0.2) is 0 Å². The Balaban J connectivity index is 0.883. The number of nitro groups is 1. The molecule has 0 N–H and O–H groups in total. The van der Waals surface area contributed by atoms with E-state index in [0.717, 1.165) is 27.8 Å². The van der Waals surface area contributed by atoms with Gasteiger partial charge in [0.1, 0.15) is 72.5 Å². The van der Waals surface area contributed by atoms with Gasteiger partial charge >= 0.3 is 5.97 Å². The van der Waals surface area contributed by atoms with Crippen molar-refractivity contribution >= 4 is 11.7 Å². The summed E-state index contributed by atoms with van der Waals surface area (Å²) in [5.74, 6) is -0.296. The molecule has 0 bridgehead atoms. The first kappa shape index (κ1) is 62.6. The normalized spacial score (nSPS) is 32.0. The third kappa shape index (κ3) is 15.0. The second-order valence-corrected chi connectivity index (χ2v) is 24.0. The van der Waals surface area contributed by atoms with E-state index in [1.807, 2.05) is 130 Å². The number of hydrogen-bond donors (Lipinski definition) is 0. The van der Waals surface area contributed by atoms with Crippen LogP contribution in [0.1, 0.15) is 94.8 Å². The Labute approximate surface area is 507 Å². The third-order valence-electron chi connectivity index (χ3n) is 16.2. The number of ether oxygens (including phenoxy) is 17. The van der Waals surface area contributed by atoms with E-state index in [-0.39, 0.29) is 38.7 Å². The van der Waals surface area contributed by atoms with Gasteiger partial charge in [-0.3, -0.25) is 14.9 Å². The summed E-state index contributed by atoms with van der Waals surface area (Å²) in [5.41, 5.74) is 3.38. The van der Waals surface area contributed by atoms with Gasteiger partial charge in [0.25, 0.3) is 5.69 Å². The van der Waals surface area contributed by atoms with E-state index in [2.05, 4.69) is 0 Å². The highest BCUT2D eigenvalue weighted by Gasteiger charge is 2.61. The minimum Gasteiger partial charge on any atom is -0.497 e. The van der Waals surface area contributed by atoms with Crippen LogP contribution >= 0.6 is 0 Å². The highest BCUT2D eigenvalue weighted by Crippen LogP contribution is 2.45. The smallest absolute Gasteiger partial charge is 0.311 e. The molecule has 0 aromatic heterocycles. The van der Waals surface area contributed by atoms with E-state index in [1.54, 1.807) is 47.1 Å². The maximum atomic E-state index is 14.2. The van der Waals surface area contributed by atoms with Gasteiger partial charge in [-0.2, -0.15) is 0 Å². The van der Waals surface area contributed by atoms with Crippen LogP contribution in [-0.4, -0.2) is 143 Å². The van der Waals surface area contributed by atoms with Crippen molar-refractivity contribution in [3.05, 3.63) is 171 Å². The number of hydrogen-bond acceptors (Lipinski definition) is 20. The van der Waals surface area contributed by atoms with E-state index in [1.165, 1.54) is 12.1 Å². The Morgan fingerprint density at radius 3 is 1.63 bits per heavy atom. The molecular formula is C66H79NO20. The lowest BCUT2D eigenvalue weighted by Gasteiger charge is -2.52. The molecule has 0 radical (unpaired) electrons. The predicted molar refractivity (Wildman–Crippen MR) is 310 cm³/mol. The van der Waals surface area contributed by atoms with Crippen molar-refractivity contribution in [1.82, 2.24) is 0 Å². The third-order valence-corrected chi connectivity index (χ3v) is 16.2. The first-order valence-corrected chi connectivity index (χ1v) is 29.8. The molecule has 0 aliphatic carbocycles.